The summed E-state index contributed by atoms with van der Waals surface area (Å²) in [6, 6.07) is 5.94. The summed E-state index contributed by atoms with van der Waals surface area (Å²) in [7, 11) is 1.34. The Morgan fingerprint density at radius 1 is 1.43 bits per heavy atom. The molecule has 0 saturated carbocycles. The van der Waals surface area contributed by atoms with Gasteiger partial charge in [-0.25, -0.2) is 4.39 Å². The largest absolute Gasteiger partial charge is 0.481 e. The van der Waals surface area contributed by atoms with Crippen LogP contribution in [0.4, 0.5) is 4.39 Å². The number of rotatable bonds is 4. The normalized spacial score (nSPS) is 21.1. The lowest BCUT2D eigenvalue weighted by molar-refractivity contribution is -0.154. The Labute approximate surface area is 122 Å². The van der Waals surface area contributed by atoms with Crippen molar-refractivity contribution in [1.29, 1.82) is 0 Å². The highest BCUT2D eigenvalue weighted by atomic mass is 19.1. The van der Waals surface area contributed by atoms with Gasteiger partial charge in [-0.1, -0.05) is 18.2 Å². The molecule has 1 saturated heterocycles. The molecule has 6 heteroatoms. The van der Waals surface area contributed by atoms with Crippen LogP contribution >= 0.6 is 0 Å². The van der Waals surface area contributed by atoms with Crippen LogP contribution in [0, 0.1) is 11.7 Å². The van der Waals surface area contributed by atoms with E-state index in [-0.39, 0.29) is 12.1 Å². The van der Waals surface area contributed by atoms with Gasteiger partial charge in [-0.2, -0.15) is 0 Å². The van der Waals surface area contributed by atoms with Crippen LogP contribution in [-0.4, -0.2) is 42.1 Å². The van der Waals surface area contributed by atoms with Crippen molar-refractivity contribution in [3.63, 3.8) is 0 Å². The fraction of sp³-hybridized carbons (Fsp3) is 0.467. The lowest BCUT2D eigenvalue weighted by Gasteiger charge is -2.32. The van der Waals surface area contributed by atoms with Gasteiger partial charge < -0.3 is 14.7 Å². The molecular weight excluding hydrogens is 277 g/mol. The van der Waals surface area contributed by atoms with Gasteiger partial charge in [0.05, 0.1) is 5.92 Å². The monoisotopic (exact) mass is 295 g/mol. The summed E-state index contributed by atoms with van der Waals surface area (Å²) in [4.78, 5) is 25.1. The average Bonchev–Trinajstić information content (AvgIpc) is 2.96. The van der Waals surface area contributed by atoms with Crippen molar-refractivity contribution < 1.29 is 23.8 Å². The molecular formula is C15H18FNO4. The summed E-state index contributed by atoms with van der Waals surface area (Å²) in [5, 5.41) is 9.00. The van der Waals surface area contributed by atoms with Crippen LogP contribution in [-0.2, 0) is 19.9 Å². The van der Waals surface area contributed by atoms with Crippen LogP contribution in [0.3, 0.4) is 0 Å². The molecule has 1 heterocycles. The van der Waals surface area contributed by atoms with Gasteiger partial charge in [-0.05, 0) is 19.4 Å². The van der Waals surface area contributed by atoms with E-state index in [1.807, 2.05) is 0 Å². The zero-order valence-electron chi connectivity index (χ0n) is 12.0. The van der Waals surface area contributed by atoms with E-state index in [0.29, 0.717) is 13.0 Å². The zero-order valence-corrected chi connectivity index (χ0v) is 12.0. The molecule has 0 aromatic heterocycles. The molecule has 0 bridgehead atoms. The Bertz CT molecular complexity index is 562. The van der Waals surface area contributed by atoms with E-state index < -0.39 is 29.2 Å². The van der Waals surface area contributed by atoms with Crippen LogP contribution in [0.5, 0.6) is 0 Å². The summed E-state index contributed by atoms with van der Waals surface area (Å²) in [5.74, 6) is -2.44. The summed E-state index contributed by atoms with van der Waals surface area (Å²) in [6.07, 6.45) is 0.401. The molecule has 0 spiro atoms. The second kappa shape index (κ2) is 5.81. The van der Waals surface area contributed by atoms with Crippen LogP contribution < -0.4 is 0 Å². The lowest BCUT2D eigenvalue weighted by Crippen LogP contribution is -2.46. The first-order valence-electron chi connectivity index (χ1n) is 6.72. The van der Waals surface area contributed by atoms with Gasteiger partial charge in [0.1, 0.15) is 5.82 Å². The molecule has 1 fully saturated rings. The quantitative estimate of drug-likeness (QED) is 0.916. The lowest BCUT2D eigenvalue weighted by atomic mass is 9.93. The molecule has 2 atom stereocenters. The minimum atomic E-state index is -1.46. The van der Waals surface area contributed by atoms with Crippen molar-refractivity contribution in [1.82, 2.24) is 4.90 Å². The first-order valence-corrected chi connectivity index (χ1v) is 6.72. The molecule has 1 aliphatic rings. The number of aliphatic carboxylic acids is 1. The van der Waals surface area contributed by atoms with Gasteiger partial charge >= 0.3 is 5.97 Å². The third kappa shape index (κ3) is 2.76. The number of hydrogen-bond donors (Lipinski definition) is 1. The number of benzene rings is 1. The van der Waals surface area contributed by atoms with Crippen molar-refractivity contribution in [2.75, 3.05) is 20.2 Å². The first-order chi connectivity index (χ1) is 9.90. The van der Waals surface area contributed by atoms with Gasteiger partial charge in [-0.3, -0.25) is 9.59 Å². The highest BCUT2D eigenvalue weighted by Crippen LogP contribution is 2.31. The van der Waals surface area contributed by atoms with Crippen LogP contribution in [0.25, 0.3) is 0 Å². The standard InChI is InChI=1S/C15H18FNO4/c1-15(21-2,11-5-3-4-6-12(11)16)14(20)17-8-7-10(9-17)13(18)19/h3-6,10H,7-9H2,1-2H3,(H,18,19). The Hall–Kier alpha value is -1.95. The van der Waals surface area contributed by atoms with Gasteiger partial charge in [0.25, 0.3) is 5.91 Å². The maximum absolute atomic E-state index is 14.0. The van der Waals surface area contributed by atoms with Gasteiger partial charge in [-0.15, -0.1) is 0 Å². The van der Waals surface area contributed by atoms with Crippen LogP contribution in [0.15, 0.2) is 24.3 Å². The molecule has 5 nitrogen and oxygen atoms in total. The fourth-order valence-corrected chi connectivity index (χ4v) is 2.61. The molecule has 2 rings (SSSR count). The number of carboxylic acids is 1. The number of likely N-dealkylation sites (tertiary alicyclic amines) is 1. The summed E-state index contributed by atoms with van der Waals surface area (Å²) in [6.45, 7) is 1.96. The molecule has 1 aromatic rings. The number of carbonyl (C=O) groups excluding carboxylic acids is 1. The number of ether oxygens (including phenoxy) is 1. The summed E-state index contributed by atoms with van der Waals surface area (Å²) >= 11 is 0. The third-order valence-corrected chi connectivity index (χ3v) is 4.03. The van der Waals surface area contributed by atoms with E-state index >= 15 is 0 Å². The highest BCUT2D eigenvalue weighted by Gasteiger charge is 2.43. The topological polar surface area (TPSA) is 66.8 Å². The molecule has 1 amide bonds. The molecule has 1 aromatic carbocycles. The van der Waals surface area contributed by atoms with Crippen LogP contribution in [0.2, 0.25) is 0 Å². The maximum atomic E-state index is 14.0. The zero-order chi connectivity index (χ0) is 15.6. The molecule has 0 aliphatic carbocycles. The van der Waals surface area contributed by atoms with Crippen LogP contribution in [0.1, 0.15) is 18.9 Å². The smallest absolute Gasteiger partial charge is 0.308 e. The van der Waals surface area contributed by atoms with Crippen molar-refractivity contribution >= 4 is 11.9 Å². The number of methoxy groups -OCH3 is 1. The number of amides is 1. The molecule has 21 heavy (non-hydrogen) atoms. The molecule has 1 aliphatic heterocycles. The number of carbonyl (C=O) groups is 2. The predicted octanol–water partition coefficient (Wildman–Crippen LogP) is 1.62. The van der Waals surface area contributed by atoms with E-state index in [9.17, 15) is 14.0 Å². The first kappa shape index (κ1) is 15.4. The van der Waals surface area contributed by atoms with E-state index in [1.54, 1.807) is 6.07 Å². The summed E-state index contributed by atoms with van der Waals surface area (Å²) < 4.78 is 19.3. The number of hydrogen-bond acceptors (Lipinski definition) is 3. The third-order valence-electron chi connectivity index (χ3n) is 4.03. The van der Waals surface area contributed by atoms with Gasteiger partial charge in [0.15, 0.2) is 5.60 Å². The maximum Gasteiger partial charge on any atom is 0.308 e. The SMILES string of the molecule is COC(C)(C(=O)N1CCC(C(=O)O)C1)c1ccccc1F. The Morgan fingerprint density at radius 3 is 2.62 bits per heavy atom. The van der Waals surface area contributed by atoms with E-state index in [0.717, 1.165) is 0 Å². The Balaban J connectivity index is 2.27. The number of halogens is 1. The second-order valence-corrected chi connectivity index (χ2v) is 5.29. The minimum absolute atomic E-state index is 0.127. The molecule has 2 unspecified atom stereocenters. The average molecular weight is 295 g/mol. The molecule has 114 valence electrons. The Kier molecular flexibility index (Phi) is 4.27. The fourth-order valence-electron chi connectivity index (χ4n) is 2.61. The number of nitrogens with zero attached hydrogens (tertiary/aromatic N) is 1. The van der Waals surface area contributed by atoms with E-state index in [4.69, 9.17) is 9.84 Å². The van der Waals surface area contributed by atoms with Gasteiger partial charge in [0, 0.05) is 25.8 Å². The van der Waals surface area contributed by atoms with Crippen molar-refractivity contribution in [3.05, 3.63) is 35.6 Å². The van der Waals surface area contributed by atoms with E-state index in [2.05, 4.69) is 0 Å². The van der Waals surface area contributed by atoms with Crippen molar-refractivity contribution in [3.8, 4) is 0 Å². The second-order valence-electron chi connectivity index (χ2n) is 5.29. The highest BCUT2D eigenvalue weighted by molar-refractivity contribution is 5.87. The molecule has 1 N–H and O–H groups in total. The van der Waals surface area contributed by atoms with Crippen molar-refractivity contribution in [2.45, 2.75) is 18.9 Å². The predicted molar refractivity (Wildman–Crippen MR) is 73.1 cm³/mol. The van der Waals surface area contributed by atoms with Gasteiger partial charge in [0.2, 0.25) is 0 Å². The number of carboxylic acid groups (broad SMARTS) is 1. The minimum Gasteiger partial charge on any atom is -0.481 e. The van der Waals surface area contributed by atoms with Crippen molar-refractivity contribution in [2.24, 2.45) is 5.92 Å². The molecule has 0 radical (unpaired) electrons. The van der Waals surface area contributed by atoms with E-state index in [1.165, 1.54) is 37.1 Å². The summed E-state index contributed by atoms with van der Waals surface area (Å²) in [5.41, 5.74) is -1.31. The Morgan fingerprint density at radius 2 is 2.10 bits per heavy atom.